The van der Waals surface area contributed by atoms with Gasteiger partial charge in [-0.25, -0.2) is 9.78 Å². The van der Waals surface area contributed by atoms with Gasteiger partial charge in [0.05, 0.1) is 18.2 Å². The van der Waals surface area contributed by atoms with E-state index in [1.165, 1.54) is 7.11 Å². The number of hydrogen-bond donors (Lipinski definition) is 1. The van der Waals surface area contributed by atoms with Crippen LogP contribution in [0.15, 0.2) is 24.4 Å². The molecule has 1 aromatic carbocycles. The molecule has 0 unspecified atom stereocenters. The number of nitrogens with zero attached hydrogens (tertiary/aromatic N) is 2. The van der Waals surface area contributed by atoms with E-state index in [1.807, 2.05) is 6.07 Å². The van der Waals surface area contributed by atoms with Crippen LogP contribution in [0.2, 0.25) is 5.15 Å². The summed E-state index contributed by atoms with van der Waals surface area (Å²) in [6, 6.07) is 5.15. The molecule has 0 bridgehead atoms. The van der Waals surface area contributed by atoms with Crippen molar-refractivity contribution in [2.75, 3.05) is 7.11 Å². The SMILES string of the molecule is COC(=O)c1ccc2c(c1)nc(Cl)c1n[nH]cc12. The van der Waals surface area contributed by atoms with Crippen molar-refractivity contribution in [1.82, 2.24) is 15.2 Å². The van der Waals surface area contributed by atoms with Crippen LogP contribution in [0.4, 0.5) is 0 Å². The van der Waals surface area contributed by atoms with E-state index in [0.29, 0.717) is 21.7 Å². The van der Waals surface area contributed by atoms with Crippen molar-refractivity contribution < 1.29 is 9.53 Å². The summed E-state index contributed by atoms with van der Waals surface area (Å²) < 4.78 is 4.67. The third-order valence-electron chi connectivity index (χ3n) is 2.76. The molecule has 2 aromatic heterocycles. The van der Waals surface area contributed by atoms with E-state index in [0.717, 1.165) is 10.8 Å². The Hall–Kier alpha value is -2.14. The van der Waals surface area contributed by atoms with Crippen LogP contribution in [0, 0.1) is 0 Å². The number of aromatic amines is 1. The smallest absolute Gasteiger partial charge is 0.337 e. The average Bonchev–Trinajstić information content (AvgIpc) is 2.87. The number of esters is 1. The number of hydrogen-bond acceptors (Lipinski definition) is 4. The molecule has 0 aliphatic heterocycles. The first kappa shape index (κ1) is 11.0. The van der Waals surface area contributed by atoms with Gasteiger partial charge in [0.1, 0.15) is 5.52 Å². The van der Waals surface area contributed by atoms with Gasteiger partial charge in [0.25, 0.3) is 0 Å². The van der Waals surface area contributed by atoms with Crippen LogP contribution in [0.25, 0.3) is 21.8 Å². The van der Waals surface area contributed by atoms with Crippen LogP contribution in [-0.4, -0.2) is 28.3 Å². The standard InChI is InChI=1S/C12H8ClN3O2/c1-18-12(17)6-2-3-7-8-5-14-16-10(8)11(13)15-9(7)4-6/h2-5H,1H3,(H,14,16). The van der Waals surface area contributed by atoms with E-state index in [1.54, 1.807) is 18.3 Å². The number of carbonyl (C=O) groups excluding carboxylic acids is 1. The Morgan fingerprint density at radius 2 is 2.22 bits per heavy atom. The van der Waals surface area contributed by atoms with E-state index in [9.17, 15) is 4.79 Å². The van der Waals surface area contributed by atoms with Crippen molar-refractivity contribution in [1.29, 1.82) is 0 Å². The average molecular weight is 262 g/mol. The predicted octanol–water partition coefficient (Wildman–Crippen LogP) is 2.55. The number of methoxy groups -OCH3 is 1. The molecule has 2 heterocycles. The first-order chi connectivity index (χ1) is 8.70. The van der Waals surface area contributed by atoms with Crippen molar-refractivity contribution in [2.24, 2.45) is 0 Å². The summed E-state index contributed by atoms with van der Waals surface area (Å²) in [6.07, 6.45) is 1.75. The largest absolute Gasteiger partial charge is 0.465 e. The second-order valence-electron chi connectivity index (χ2n) is 3.77. The molecule has 3 aromatic rings. The van der Waals surface area contributed by atoms with Crippen LogP contribution in [0.1, 0.15) is 10.4 Å². The summed E-state index contributed by atoms with van der Waals surface area (Å²) in [7, 11) is 1.34. The highest BCUT2D eigenvalue weighted by Crippen LogP contribution is 2.27. The molecule has 0 spiro atoms. The van der Waals surface area contributed by atoms with Gasteiger partial charge in [0.2, 0.25) is 0 Å². The minimum atomic E-state index is -0.401. The second kappa shape index (κ2) is 3.96. The van der Waals surface area contributed by atoms with Crippen LogP contribution < -0.4 is 0 Å². The van der Waals surface area contributed by atoms with Crippen LogP contribution >= 0.6 is 11.6 Å². The highest BCUT2D eigenvalue weighted by Gasteiger charge is 2.12. The first-order valence-corrected chi connectivity index (χ1v) is 5.59. The molecule has 6 heteroatoms. The molecule has 0 aliphatic carbocycles. The van der Waals surface area contributed by atoms with E-state index in [2.05, 4.69) is 19.9 Å². The zero-order valence-corrected chi connectivity index (χ0v) is 10.2. The monoisotopic (exact) mass is 261 g/mol. The lowest BCUT2D eigenvalue weighted by atomic mass is 10.1. The molecule has 1 N–H and O–H groups in total. The summed E-state index contributed by atoms with van der Waals surface area (Å²) in [6.45, 7) is 0. The molecule has 0 atom stereocenters. The lowest BCUT2D eigenvalue weighted by Crippen LogP contribution is -2.00. The molecular formula is C12H8ClN3O2. The number of aromatic nitrogens is 3. The maximum Gasteiger partial charge on any atom is 0.337 e. The third-order valence-corrected chi connectivity index (χ3v) is 3.03. The summed E-state index contributed by atoms with van der Waals surface area (Å²) in [5.41, 5.74) is 1.70. The number of ether oxygens (including phenoxy) is 1. The van der Waals surface area contributed by atoms with Crippen LogP contribution in [-0.2, 0) is 4.74 Å². The Balaban J connectivity index is 2.35. The number of nitrogens with one attached hydrogen (secondary N) is 1. The number of pyridine rings is 1. The molecule has 18 heavy (non-hydrogen) atoms. The van der Waals surface area contributed by atoms with Gasteiger partial charge >= 0.3 is 5.97 Å². The Kier molecular flexibility index (Phi) is 2.41. The Morgan fingerprint density at radius 1 is 1.39 bits per heavy atom. The summed E-state index contributed by atoms with van der Waals surface area (Å²) in [5, 5.41) is 8.85. The summed E-state index contributed by atoms with van der Waals surface area (Å²) >= 11 is 6.03. The normalized spacial score (nSPS) is 11.0. The molecule has 0 saturated carbocycles. The molecule has 0 fully saturated rings. The highest BCUT2D eigenvalue weighted by molar-refractivity contribution is 6.35. The van der Waals surface area contributed by atoms with Crippen LogP contribution in [0.5, 0.6) is 0 Å². The van der Waals surface area contributed by atoms with Gasteiger partial charge in [-0.05, 0) is 12.1 Å². The molecule has 90 valence electrons. The molecular weight excluding hydrogens is 254 g/mol. The third kappa shape index (κ3) is 1.52. The molecule has 3 rings (SSSR count). The van der Waals surface area contributed by atoms with Crippen molar-refractivity contribution in [3.63, 3.8) is 0 Å². The zero-order valence-electron chi connectivity index (χ0n) is 9.40. The maximum absolute atomic E-state index is 11.5. The van der Waals surface area contributed by atoms with Crippen molar-refractivity contribution in [2.45, 2.75) is 0 Å². The Morgan fingerprint density at radius 3 is 3.00 bits per heavy atom. The number of fused-ring (bicyclic) bond motifs is 3. The number of rotatable bonds is 1. The molecule has 0 aliphatic rings. The molecule has 0 saturated heterocycles. The number of halogens is 1. The second-order valence-corrected chi connectivity index (χ2v) is 4.13. The van der Waals surface area contributed by atoms with E-state index < -0.39 is 5.97 Å². The lowest BCUT2D eigenvalue weighted by molar-refractivity contribution is 0.0601. The van der Waals surface area contributed by atoms with Gasteiger partial charge in [-0.1, -0.05) is 17.7 Å². The van der Waals surface area contributed by atoms with Gasteiger partial charge in [-0.2, -0.15) is 5.10 Å². The summed E-state index contributed by atoms with van der Waals surface area (Å²) in [4.78, 5) is 15.7. The molecule has 0 amide bonds. The van der Waals surface area contributed by atoms with Crippen LogP contribution in [0.3, 0.4) is 0 Å². The van der Waals surface area contributed by atoms with Crippen molar-refractivity contribution in [3.05, 3.63) is 35.1 Å². The topological polar surface area (TPSA) is 67.9 Å². The fourth-order valence-corrected chi connectivity index (χ4v) is 2.14. The number of carbonyl (C=O) groups is 1. The first-order valence-electron chi connectivity index (χ1n) is 5.22. The minimum Gasteiger partial charge on any atom is -0.465 e. The molecule has 5 nitrogen and oxygen atoms in total. The van der Waals surface area contributed by atoms with E-state index in [-0.39, 0.29) is 0 Å². The minimum absolute atomic E-state index is 0.306. The quantitative estimate of drug-likeness (QED) is 0.540. The van der Waals surface area contributed by atoms with E-state index >= 15 is 0 Å². The van der Waals surface area contributed by atoms with Crippen molar-refractivity contribution in [3.8, 4) is 0 Å². The van der Waals surface area contributed by atoms with Gasteiger partial charge in [-0.15, -0.1) is 0 Å². The highest BCUT2D eigenvalue weighted by atomic mass is 35.5. The number of benzene rings is 1. The summed E-state index contributed by atoms with van der Waals surface area (Å²) in [5.74, 6) is -0.401. The predicted molar refractivity (Wildman–Crippen MR) is 67.7 cm³/mol. The molecule has 0 radical (unpaired) electrons. The fourth-order valence-electron chi connectivity index (χ4n) is 1.91. The van der Waals surface area contributed by atoms with Gasteiger partial charge in [-0.3, -0.25) is 5.10 Å². The Bertz CT molecular complexity index is 766. The maximum atomic E-state index is 11.5. The van der Waals surface area contributed by atoms with Gasteiger partial charge in [0.15, 0.2) is 5.15 Å². The van der Waals surface area contributed by atoms with Gasteiger partial charge < -0.3 is 4.74 Å². The zero-order chi connectivity index (χ0) is 12.7. The van der Waals surface area contributed by atoms with Gasteiger partial charge in [0, 0.05) is 17.0 Å². The lowest BCUT2D eigenvalue weighted by Gasteiger charge is -2.03. The Labute approximate surface area is 107 Å². The van der Waals surface area contributed by atoms with E-state index in [4.69, 9.17) is 11.6 Å². The number of H-pyrrole nitrogens is 1. The van der Waals surface area contributed by atoms with Crippen molar-refractivity contribution >= 4 is 39.4 Å². The fraction of sp³-hybridized carbons (Fsp3) is 0.0833.